The van der Waals surface area contributed by atoms with Gasteiger partial charge >= 0.3 is 5.97 Å². The molecule has 1 atom stereocenters. The first-order chi connectivity index (χ1) is 13.8. The van der Waals surface area contributed by atoms with Crippen LogP contribution in [0.2, 0.25) is 0 Å². The largest absolute Gasteiger partial charge is 0.452 e. The third-order valence-electron chi connectivity index (χ3n) is 4.95. The summed E-state index contributed by atoms with van der Waals surface area (Å²) in [5.41, 5.74) is 0.785. The van der Waals surface area contributed by atoms with Crippen LogP contribution >= 0.6 is 11.3 Å². The van der Waals surface area contributed by atoms with Gasteiger partial charge in [0, 0.05) is 18.8 Å². The Morgan fingerprint density at radius 3 is 2.59 bits per heavy atom. The van der Waals surface area contributed by atoms with Crippen LogP contribution in [0.4, 0.5) is 10.1 Å². The Balaban J connectivity index is 1.48. The zero-order valence-corrected chi connectivity index (χ0v) is 17.1. The average Bonchev–Trinajstić information content (AvgIpc) is 3.25. The molecule has 2 aromatic rings. The summed E-state index contributed by atoms with van der Waals surface area (Å²) in [6.45, 7) is 4.05. The van der Waals surface area contributed by atoms with Crippen LogP contribution in [0.15, 0.2) is 35.7 Å². The van der Waals surface area contributed by atoms with Crippen LogP contribution in [0.5, 0.6) is 0 Å². The van der Waals surface area contributed by atoms with Gasteiger partial charge in [-0.25, -0.2) is 4.39 Å². The molecule has 1 saturated heterocycles. The second-order valence-electron chi connectivity index (χ2n) is 7.08. The van der Waals surface area contributed by atoms with Crippen LogP contribution < -0.4 is 5.32 Å². The van der Waals surface area contributed by atoms with Crippen LogP contribution in [0.3, 0.4) is 0 Å². The van der Waals surface area contributed by atoms with Gasteiger partial charge in [0.15, 0.2) is 6.10 Å². The minimum Gasteiger partial charge on any atom is -0.452 e. The fourth-order valence-corrected chi connectivity index (χ4v) is 3.80. The van der Waals surface area contributed by atoms with Gasteiger partial charge in [-0.15, -0.1) is 11.3 Å². The molecule has 1 aromatic heterocycles. The number of hydrogen-bond acceptors (Lipinski definition) is 5. The van der Waals surface area contributed by atoms with Gasteiger partial charge in [0.1, 0.15) is 5.82 Å². The van der Waals surface area contributed by atoms with Crippen molar-refractivity contribution in [1.29, 1.82) is 0 Å². The number of rotatable bonds is 5. The summed E-state index contributed by atoms with van der Waals surface area (Å²) in [7, 11) is 0. The molecule has 1 N–H and O–H groups in total. The van der Waals surface area contributed by atoms with Crippen LogP contribution in [-0.2, 0) is 14.3 Å². The summed E-state index contributed by atoms with van der Waals surface area (Å²) in [5.74, 6) is -1.77. The third kappa shape index (κ3) is 5.20. The summed E-state index contributed by atoms with van der Waals surface area (Å²) in [5, 5.41) is 4.40. The van der Waals surface area contributed by atoms with Crippen molar-refractivity contribution >= 4 is 34.8 Å². The van der Waals surface area contributed by atoms with Crippen molar-refractivity contribution in [2.24, 2.45) is 5.92 Å². The number of carbonyl (C=O) groups is 3. The average molecular weight is 418 g/mol. The highest BCUT2D eigenvalue weighted by Crippen LogP contribution is 2.22. The maximum atomic E-state index is 13.6. The Morgan fingerprint density at radius 1 is 1.24 bits per heavy atom. The van der Waals surface area contributed by atoms with Crippen LogP contribution in [0, 0.1) is 18.7 Å². The number of amides is 2. The van der Waals surface area contributed by atoms with Gasteiger partial charge in [0.25, 0.3) is 11.8 Å². The zero-order chi connectivity index (χ0) is 21.0. The lowest BCUT2D eigenvalue weighted by Gasteiger charge is -2.31. The molecular weight excluding hydrogens is 395 g/mol. The molecule has 1 fully saturated rings. The molecule has 0 bridgehead atoms. The van der Waals surface area contributed by atoms with Crippen molar-refractivity contribution in [1.82, 2.24) is 4.90 Å². The number of ether oxygens (including phenoxy) is 1. The number of halogens is 1. The number of esters is 1. The molecule has 1 aliphatic rings. The van der Waals surface area contributed by atoms with E-state index < -0.39 is 23.8 Å². The van der Waals surface area contributed by atoms with Crippen LogP contribution in [0.25, 0.3) is 0 Å². The van der Waals surface area contributed by atoms with E-state index in [0.717, 1.165) is 0 Å². The van der Waals surface area contributed by atoms with E-state index in [0.29, 0.717) is 42.1 Å². The Labute approximate surface area is 172 Å². The Bertz CT molecular complexity index is 892. The van der Waals surface area contributed by atoms with Crippen LogP contribution in [0.1, 0.15) is 35.0 Å². The molecule has 2 amide bonds. The fraction of sp³-hybridized carbons (Fsp3) is 0.381. The van der Waals surface area contributed by atoms with E-state index in [9.17, 15) is 18.8 Å². The molecule has 154 valence electrons. The summed E-state index contributed by atoms with van der Waals surface area (Å²) < 4.78 is 18.9. The normalized spacial score (nSPS) is 15.6. The molecule has 1 aromatic carbocycles. The lowest BCUT2D eigenvalue weighted by Crippen LogP contribution is -2.41. The first-order valence-electron chi connectivity index (χ1n) is 9.45. The molecule has 2 heterocycles. The summed E-state index contributed by atoms with van der Waals surface area (Å²) in [6.07, 6.45) is -0.0152. The molecule has 8 heteroatoms. The number of benzene rings is 1. The lowest BCUT2D eigenvalue weighted by atomic mass is 9.97. The lowest BCUT2D eigenvalue weighted by molar-refractivity contribution is -0.158. The highest BCUT2D eigenvalue weighted by molar-refractivity contribution is 7.12. The molecule has 0 saturated carbocycles. The van der Waals surface area contributed by atoms with Gasteiger partial charge in [0.2, 0.25) is 0 Å². The van der Waals surface area contributed by atoms with E-state index in [1.807, 2.05) is 11.4 Å². The maximum Gasteiger partial charge on any atom is 0.309 e. The second-order valence-corrected chi connectivity index (χ2v) is 8.02. The number of piperidine rings is 1. The van der Waals surface area contributed by atoms with Crippen molar-refractivity contribution in [2.75, 3.05) is 18.4 Å². The summed E-state index contributed by atoms with van der Waals surface area (Å²) >= 11 is 1.39. The highest BCUT2D eigenvalue weighted by atomic mass is 32.1. The number of anilines is 1. The van der Waals surface area contributed by atoms with Gasteiger partial charge in [-0.3, -0.25) is 14.4 Å². The minimum atomic E-state index is -1.00. The molecule has 0 spiro atoms. The monoisotopic (exact) mass is 418 g/mol. The van der Waals surface area contributed by atoms with Gasteiger partial charge in [-0.1, -0.05) is 12.1 Å². The Hall–Kier alpha value is -2.74. The number of nitrogens with zero attached hydrogens (tertiary/aromatic N) is 1. The predicted octanol–water partition coefficient (Wildman–Crippen LogP) is 3.62. The smallest absolute Gasteiger partial charge is 0.309 e. The minimum absolute atomic E-state index is 0.0232. The van der Waals surface area contributed by atoms with Gasteiger partial charge in [0.05, 0.1) is 10.8 Å². The topological polar surface area (TPSA) is 75.7 Å². The number of hydrogen-bond donors (Lipinski definition) is 1. The SMILES string of the molecule is Cc1ccc(NC(=O)[C@H](C)OC(=O)C2CCN(C(=O)c3cccs3)CC2)cc1F. The Morgan fingerprint density at radius 2 is 1.97 bits per heavy atom. The first-order valence-corrected chi connectivity index (χ1v) is 10.3. The first kappa shape index (κ1) is 21.0. The van der Waals surface area contributed by atoms with Crippen molar-refractivity contribution in [3.05, 3.63) is 52.0 Å². The highest BCUT2D eigenvalue weighted by Gasteiger charge is 2.31. The van der Waals surface area contributed by atoms with E-state index in [2.05, 4.69) is 5.32 Å². The van der Waals surface area contributed by atoms with Gasteiger partial charge < -0.3 is 15.0 Å². The standard InChI is InChI=1S/C21H23FN2O4S/c1-13-5-6-16(12-17(13)22)23-19(25)14(2)28-21(27)15-7-9-24(10-8-15)20(26)18-4-3-11-29-18/h3-6,11-12,14-15H,7-10H2,1-2H3,(H,23,25)/t14-/m0/s1. The van der Waals surface area contributed by atoms with Gasteiger partial charge in [-0.05, 0) is 55.8 Å². The maximum absolute atomic E-state index is 13.6. The Kier molecular flexibility index (Phi) is 6.64. The van der Waals surface area contributed by atoms with Crippen molar-refractivity contribution in [2.45, 2.75) is 32.8 Å². The molecule has 1 aliphatic heterocycles. The fourth-order valence-electron chi connectivity index (χ4n) is 3.11. The van der Waals surface area contributed by atoms with Crippen molar-refractivity contribution in [3.63, 3.8) is 0 Å². The molecule has 29 heavy (non-hydrogen) atoms. The second kappa shape index (κ2) is 9.17. The number of thiophene rings is 1. The summed E-state index contributed by atoms with van der Waals surface area (Å²) in [4.78, 5) is 39.4. The molecular formula is C21H23FN2O4S. The number of carbonyl (C=O) groups excluding carboxylic acids is 3. The molecule has 0 aliphatic carbocycles. The summed E-state index contributed by atoms with van der Waals surface area (Å²) in [6, 6.07) is 7.99. The third-order valence-corrected chi connectivity index (χ3v) is 5.81. The number of nitrogens with one attached hydrogen (secondary N) is 1. The van der Waals surface area contributed by atoms with Crippen molar-refractivity contribution < 1.29 is 23.5 Å². The van der Waals surface area contributed by atoms with Crippen molar-refractivity contribution in [3.8, 4) is 0 Å². The zero-order valence-electron chi connectivity index (χ0n) is 16.3. The predicted molar refractivity (Wildman–Crippen MR) is 108 cm³/mol. The number of likely N-dealkylation sites (tertiary alicyclic amines) is 1. The molecule has 0 unspecified atom stereocenters. The van der Waals surface area contributed by atoms with Crippen LogP contribution in [-0.4, -0.2) is 41.9 Å². The number of aryl methyl sites for hydroxylation is 1. The van der Waals surface area contributed by atoms with E-state index in [-0.39, 0.29) is 11.8 Å². The van der Waals surface area contributed by atoms with E-state index in [4.69, 9.17) is 4.74 Å². The van der Waals surface area contributed by atoms with Gasteiger partial charge in [-0.2, -0.15) is 0 Å². The molecule has 3 rings (SSSR count). The molecule has 0 radical (unpaired) electrons. The van der Waals surface area contributed by atoms with E-state index in [1.165, 1.54) is 24.3 Å². The quantitative estimate of drug-likeness (QED) is 0.753. The molecule has 6 nitrogen and oxygen atoms in total. The van der Waals surface area contributed by atoms with E-state index >= 15 is 0 Å². The van der Waals surface area contributed by atoms with E-state index in [1.54, 1.807) is 30.0 Å².